The number of halogens is 1. The van der Waals surface area contributed by atoms with E-state index < -0.39 is 22.4 Å². The third-order valence-electron chi connectivity index (χ3n) is 3.79. The Bertz CT molecular complexity index is 574. The zero-order chi connectivity index (χ0) is 14.8. The molecule has 1 aliphatic rings. The van der Waals surface area contributed by atoms with E-state index in [-0.39, 0.29) is 16.5 Å². The van der Waals surface area contributed by atoms with Gasteiger partial charge in [0.2, 0.25) is 10.0 Å². The molecular formula is C14H20FNO3S. The fraction of sp³-hybridized carbons (Fsp3) is 0.571. The minimum atomic E-state index is -3.63. The van der Waals surface area contributed by atoms with Gasteiger partial charge in [-0.05, 0) is 38.0 Å². The highest BCUT2D eigenvalue weighted by atomic mass is 32.2. The van der Waals surface area contributed by atoms with Gasteiger partial charge < -0.3 is 5.11 Å². The van der Waals surface area contributed by atoms with Gasteiger partial charge in [-0.25, -0.2) is 12.8 Å². The summed E-state index contributed by atoms with van der Waals surface area (Å²) in [7, 11) is -3.63. The third kappa shape index (κ3) is 3.02. The van der Waals surface area contributed by atoms with Crippen LogP contribution in [0, 0.1) is 5.82 Å². The summed E-state index contributed by atoms with van der Waals surface area (Å²) in [6, 6.07) is 3.54. The zero-order valence-corrected chi connectivity index (χ0v) is 12.4. The zero-order valence-electron chi connectivity index (χ0n) is 11.5. The van der Waals surface area contributed by atoms with Crippen LogP contribution in [0.1, 0.15) is 38.2 Å². The lowest BCUT2D eigenvalue weighted by Crippen LogP contribution is -2.38. The van der Waals surface area contributed by atoms with E-state index in [4.69, 9.17) is 5.11 Å². The predicted octanol–water partition coefficient (Wildman–Crippen LogP) is 2.27. The molecule has 1 heterocycles. The van der Waals surface area contributed by atoms with Crippen LogP contribution in [0.25, 0.3) is 0 Å². The molecule has 1 atom stereocenters. The number of benzene rings is 1. The number of aliphatic hydroxyl groups excluding tert-OH is 1. The molecule has 1 aliphatic heterocycles. The van der Waals surface area contributed by atoms with Crippen molar-refractivity contribution in [3.05, 3.63) is 29.6 Å². The largest absolute Gasteiger partial charge is 0.392 e. The summed E-state index contributed by atoms with van der Waals surface area (Å²) < 4.78 is 40.2. The molecule has 1 N–H and O–H groups in total. The molecule has 6 heteroatoms. The number of hydrogen-bond donors (Lipinski definition) is 1. The Hall–Kier alpha value is -0.980. The molecule has 1 fully saturated rings. The highest BCUT2D eigenvalue weighted by molar-refractivity contribution is 7.89. The predicted molar refractivity (Wildman–Crippen MR) is 74.1 cm³/mol. The highest BCUT2D eigenvalue weighted by Gasteiger charge is 2.30. The van der Waals surface area contributed by atoms with Crippen molar-refractivity contribution in [1.82, 2.24) is 4.31 Å². The second-order valence-corrected chi connectivity index (χ2v) is 7.12. The minimum absolute atomic E-state index is 0.00792. The standard InChI is InChI=1S/C14H20FNO3S/c1-11-5-3-2-4-8-16(11)20(18,19)13-6-7-14(15)12(9-13)10-17/h6-7,9,11,17H,2-5,8,10H2,1H3. The van der Waals surface area contributed by atoms with E-state index in [1.54, 1.807) is 0 Å². The molecule has 1 saturated heterocycles. The fourth-order valence-corrected chi connectivity index (χ4v) is 4.32. The molecule has 0 radical (unpaired) electrons. The second kappa shape index (κ2) is 6.20. The second-order valence-electron chi connectivity index (χ2n) is 5.23. The molecule has 1 aromatic carbocycles. The maximum absolute atomic E-state index is 13.4. The quantitative estimate of drug-likeness (QED) is 0.932. The summed E-state index contributed by atoms with van der Waals surface area (Å²) in [6.45, 7) is 1.89. The fourth-order valence-electron chi connectivity index (χ4n) is 2.57. The van der Waals surface area contributed by atoms with Crippen molar-refractivity contribution in [3.63, 3.8) is 0 Å². The molecule has 2 rings (SSSR count). The maximum Gasteiger partial charge on any atom is 0.243 e. The van der Waals surface area contributed by atoms with E-state index in [2.05, 4.69) is 0 Å². The van der Waals surface area contributed by atoms with Crippen LogP contribution in [0.2, 0.25) is 0 Å². The summed E-state index contributed by atoms with van der Waals surface area (Å²) >= 11 is 0. The van der Waals surface area contributed by atoms with Gasteiger partial charge in [-0.2, -0.15) is 4.31 Å². The van der Waals surface area contributed by atoms with Crippen molar-refractivity contribution in [1.29, 1.82) is 0 Å². The Morgan fingerprint density at radius 3 is 2.80 bits per heavy atom. The number of rotatable bonds is 3. The first-order valence-corrected chi connectivity index (χ1v) is 8.32. The third-order valence-corrected chi connectivity index (χ3v) is 5.80. The smallest absolute Gasteiger partial charge is 0.243 e. The molecule has 0 bridgehead atoms. The van der Waals surface area contributed by atoms with Crippen LogP contribution >= 0.6 is 0 Å². The lowest BCUT2D eigenvalue weighted by Gasteiger charge is -2.26. The van der Waals surface area contributed by atoms with Gasteiger partial charge in [-0.3, -0.25) is 0 Å². The van der Waals surface area contributed by atoms with Crippen molar-refractivity contribution in [3.8, 4) is 0 Å². The SMILES string of the molecule is CC1CCCCCN1S(=O)(=O)c1ccc(F)c(CO)c1. The van der Waals surface area contributed by atoms with Gasteiger partial charge in [-0.15, -0.1) is 0 Å². The van der Waals surface area contributed by atoms with Crippen LogP contribution in [-0.4, -0.2) is 30.4 Å². The first-order chi connectivity index (χ1) is 9.46. The van der Waals surface area contributed by atoms with Crippen molar-refractivity contribution >= 4 is 10.0 Å². The molecule has 1 unspecified atom stereocenters. The number of aliphatic hydroxyl groups is 1. The average Bonchev–Trinajstić information content (AvgIpc) is 2.64. The van der Waals surface area contributed by atoms with Gasteiger partial charge in [0.1, 0.15) is 5.82 Å². The van der Waals surface area contributed by atoms with Gasteiger partial charge in [0.15, 0.2) is 0 Å². The molecule has 112 valence electrons. The first kappa shape index (κ1) is 15.4. The van der Waals surface area contributed by atoms with E-state index in [9.17, 15) is 12.8 Å². The lowest BCUT2D eigenvalue weighted by atomic mass is 10.1. The summed E-state index contributed by atoms with van der Waals surface area (Å²) in [5, 5.41) is 9.07. The normalized spacial score (nSPS) is 21.6. The van der Waals surface area contributed by atoms with E-state index in [0.29, 0.717) is 6.54 Å². The van der Waals surface area contributed by atoms with Gasteiger partial charge >= 0.3 is 0 Å². The van der Waals surface area contributed by atoms with E-state index in [1.165, 1.54) is 16.4 Å². The number of sulfonamides is 1. The molecule has 0 aliphatic carbocycles. The van der Waals surface area contributed by atoms with Crippen molar-refractivity contribution < 1.29 is 17.9 Å². The first-order valence-electron chi connectivity index (χ1n) is 6.88. The van der Waals surface area contributed by atoms with Crippen LogP contribution in [0.4, 0.5) is 4.39 Å². The molecule has 0 aromatic heterocycles. The molecular weight excluding hydrogens is 281 g/mol. The van der Waals surface area contributed by atoms with Gasteiger partial charge in [0.05, 0.1) is 11.5 Å². The molecule has 0 spiro atoms. The van der Waals surface area contributed by atoms with Crippen molar-refractivity contribution in [2.24, 2.45) is 0 Å². The van der Waals surface area contributed by atoms with Crippen LogP contribution in [-0.2, 0) is 16.6 Å². The average molecular weight is 301 g/mol. The van der Waals surface area contributed by atoms with Crippen LogP contribution in [0.3, 0.4) is 0 Å². The summed E-state index contributed by atoms with van der Waals surface area (Å²) in [5.41, 5.74) is 0.00792. The van der Waals surface area contributed by atoms with Crippen LogP contribution in [0.15, 0.2) is 23.1 Å². The number of nitrogens with zero attached hydrogens (tertiary/aromatic N) is 1. The topological polar surface area (TPSA) is 57.6 Å². The molecule has 4 nitrogen and oxygen atoms in total. The Labute approximate surface area is 119 Å². The van der Waals surface area contributed by atoms with E-state index in [0.717, 1.165) is 31.7 Å². The van der Waals surface area contributed by atoms with Gasteiger partial charge in [-0.1, -0.05) is 12.8 Å². The van der Waals surface area contributed by atoms with Crippen molar-refractivity contribution in [2.75, 3.05) is 6.54 Å². The maximum atomic E-state index is 13.4. The monoisotopic (exact) mass is 301 g/mol. The summed E-state index contributed by atoms with van der Waals surface area (Å²) in [6.07, 6.45) is 3.74. The summed E-state index contributed by atoms with van der Waals surface area (Å²) in [5.74, 6) is -0.588. The molecule has 1 aromatic rings. The molecule has 0 saturated carbocycles. The Morgan fingerprint density at radius 2 is 2.10 bits per heavy atom. The van der Waals surface area contributed by atoms with Gasteiger partial charge in [0, 0.05) is 18.2 Å². The van der Waals surface area contributed by atoms with Crippen LogP contribution in [0.5, 0.6) is 0 Å². The van der Waals surface area contributed by atoms with E-state index in [1.807, 2.05) is 6.92 Å². The van der Waals surface area contributed by atoms with Gasteiger partial charge in [0.25, 0.3) is 0 Å². The Kier molecular flexibility index (Phi) is 4.78. The van der Waals surface area contributed by atoms with Crippen molar-refractivity contribution in [2.45, 2.75) is 50.2 Å². The summed E-state index contributed by atoms with van der Waals surface area (Å²) in [4.78, 5) is 0.0525. The Balaban J connectivity index is 2.38. The highest BCUT2D eigenvalue weighted by Crippen LogP contribution is 2.25. The molecule has 20 heavy (non-hydrogen) atoms. The number of hydrogen-bond acceptors (Lipinski definition) is 3. The van der Waals surface area contributed by atoms with Crippen LogP contribution < -0.4 is 0 Å². The Morgan fingerprint density at radius 1 is 1.35 bits per heavy atom. The lowest BCUT2D eigenvalue weighted by molar-refractivity contribution is 0.275. The molecule has 0 amide bonds. The minimum Gasteiger partial charge on any atom is -0.392 e. The van der Waals surface area contributed by atoms with E-state index >= 15 is 0 Å².